The van der Waals surface area contributed by atoms with Crippen molar-refractivity contribution in [3.05, 3.63) is 58.2 Å². The number of hydrogen-bond acceptors (Lipinski definition) is 6. The molecule has 3 heterocycles. The molecule has 0 spiro atoms. The van der Waals surface area contributed by atoms with Crippen LogP contribution < -0.4 is 0 Å². The number of carboxylic acids is 1. The van der Waals surface area contributed by atoms with Gasteiger partial charge in [-0.1, -0.05) is 18.2 Å². The summed E-state index contributed by atoms with van der Waals surface area (Å²) in [6.07, 6.45) is -0.0894. The topological polar surface area (TPSA) is 96.7 Å². The van der Waals surface area contributed by atoms with Crippen molar-refractivity contribution in [2.45, 2.75) is 36.7 Å². The fourth-order valence-corrected chi connectivity index (χ4v) is 4.81. The van der Waals surface area contributed by atoms with Crippen LogP contribution in [0.1, 0.15) is 22.5 Å². The lowest BCUT2D eigenvalue weighted by molar-refractivity contribution is -0.136. The molecule has 4 aromatic rings. The van der Waals surface area contributed by atoms with E-state index in [4.69, 9.17) is 5.11 Å². The quantitative estimate of drug-likeness (QED) is 0.475. The third-order valence-corrected chi connectivity index (χ3v) is 6.66. The standard InChI is InChI=1S/C20H19N5O2S2/c1-11-12(2)17(21-13(11)3)18-23-24-19(25(18)15-7-5-4-6-8-15)29-20-22-14(10-28-20)9-16(26)27/h4-8,10,21H,9H2,1-3H3,(H,26,27). The van der Waals surface area contributed by atoms with Gasteiger partial charge in [0.05, 0.1) is 17.8 Å². The maximum atomic E-state index is 10.9. The Balaban J connectivity index is 1.79. The number of aromatic amines is 1. The average Bonchev–Trinajstić information content (AvgIpc) is 3.37. The molecule has 7 nitrogen and oxygen atoms in total. The minimum absolute atomic E-state index is 0.0894. The SMILES string of the molecule is Cc1[nH]c(-c2nnc(Sc3nc(CC(=O)O)cs3)n2-c2ccccc2)c(C)c1C. The number of aromatic nitrogens is 5. The van der Waals surface area contributed by atoms with Crippen LogP contribution >= 0.6 is 23.1 Å². The number of aliphatic carboxylic acids is 1. The predicted molar refractivity (Wildman–Crippen MR) is 113 cm³/mol. The van der Waals surface area contributed by atoms with Crippen molar-refractivity contribution >= 4 is 29.1 Å². The smallest absolute Gasteiger partial charge is 0.309 e. The van der Waals surface area contributed by atoms with Gasteiger partial charge in [-0.05, 0) is 55.8 Å². The fourth-order valence-electron chi connectivity index (χ4n) is 3.02. The molecule has 1 aromatic carbocycles. The first-order valence-electron chi connectivity index (χ1n) is 8.95. The molecule has 0 fully saturated rings. The zero-order valence-electron chi connectivity index (χ0n) is 16.1. The molecule has 3 aromatic heterocycles. The van der Waals surface area contributed by atoms with Crippen LogP contribution in [0, 0.1) is 20.8 Å². The van der Waals surface area contributed by atoms with Crippen LogP contribution in [-0.2, 0) is 11.2 Å². The third-order valence-electron chi connectivity index (χ3n) is 4.73. The molecule has 0 saturated heterocycles. The molecule has 0 unspecified atom stereocenters. The molecular weight excluding hydrogens is 406 g/mol. The Hall–Kier alpha value is -2.91. The number of thiazole rings is 1. The summed E-state index contributed by atoms with van der Waals surface area (Å²) in [6, 6.07) is 9.92. The summed E-state index contributed by atoms with van der Waals surface area (Å²) in [7, 11) is 0. The Morgan fingerprint density at radius 1 is 1.17 bits per heavy atom. The number of benzene rings is 1. The van der Waals surface area contributed by atoms with Gasteiger partial charge in [-0.15, -0.1) is 21.5 Å². The molecule has 2 N–H and O–H groups in total. The molecule has 0 amide bonds. The normalized spacial score (nSPS) is 11.1. The van der Waals surface area contributed by atoms with Gasteiger partial charge >= 0.3 is 5.97 Å². The Bertz CT molecular complexity index is 1180. The maximum absolute atomic E-state index is 10.9. The van der Waals surface area contributed by atoms with Gasteiger partial charge in [-0.3, -0.25) is 9.36 Å². The van der Waals surface area contributed by atoms with Crippen molar-refractivity contribution in [1.29, 1.82) is 0 Å². The zero-order chi connectivity index (χ0) is 20.5. The highest BCUT2D eigenvalue weighted by molar-refractivity contribution is 8.00. The second-order valence-electron chi connectivity index (χ2n) is 6.63. The first-order valence-corrected chi connectivity index (χ1v) is 10.6. The molecule has 0 radical (unpaired) electrons. The van der Waals surface area contributed by atoms with Crippen LogP contribution in [0.2, 0.25) is 0 Å². The van der Waals surface area contributed by atoms with E-state index in [2.05, 4.69) is 34.0 Å². The van der Waals surface area contributed by atoms with Gasteiger partial charge < -0.3 is 10.1 Å². The summed E-state index contributed by atoms with van der Waals surface area (Å²) in [4.78, 5) is 18.8. The summed E-state index contributed by atoms with van der Waals surface area (Å²) >= 11 is 2.78. The van der Waals surface area contributed by atoms with Crippen LogP contribution in [0.5, 0.6) is 0 Å². The van der Waals surface area contributed by atoms with E-state index in [-0.39, 0.29) is 6.42 Å². The van der Waals surface area contributed by atoms with Crippen molar-refractivity contribution in [3.63, 3.8) is 0 Å². The molecule has 29 heavy (non-hydrogen) atoms. The number of aryl methyl sites for hydroxylation is 1. The number of hydrogen-bond donors (Lipinski definition) is 2. The van der Waals surface area contributed by atoms with Crippen molar-refractivity contribution in [1.82, 2.24) is 24.7 Å². The monoisotopic (exact) mass is 425 g/mol. The molecule has 0 saturated carbocycles. The van der Waals surface area contributed by atoms with Gasteiger partial charge in [-0.2, -0.15) is 0 Å². The summed E-state index contributed by atoms with van der Waals surface area (Å²) in [5.41, 5.74) is 5.88. The van der Waals surface area contributed by atoms with Crippen molar-refractivity contribution in [2.75, 3.05) is 0 Å². The van der Waals surface area contributed by atoms with Crippen LogP contribution in [0.3, 0.4) is 0 Å². The van der Waals surface area contributed by atoms with Crippen LogP contribution in [0.4, 0.5) is 0 Å². The van der Waals surface area contributed by atoms with Gasteiger partial charge in [0.15, 0.2) is 10.2 Å². The van der Waals surface area contributed by atoms with Crippen molar-refractivity contribution < 1.29 is 9.90 Å². The Kier molecular flexibility index (Phi) is 5.25. The van der Waals surface area contributed by atoms with Gasteiger partial charge in [-0.25, -0.2) is 4.98 Å². The maximum Gasteiger partial charge on any atom is 0.309 e. The molecule has 0 aliphatic heterocycles. The first kappa shape index (κ1) is 19.4. The largest absolute Gasteiger partial charge is 0.481 e. The lowest BCUT2D eigenvalue weighted by Gasteiger charge is -2.09. The van der Waals surface area contributed by atoms with Crippen molar-refractivity contribution in [2.24, 2.45) is 0 Å². The fraction of sp³-hybridized carbons (Fsp3) is 0.200. The summed E-state index contributed by atoms with van der Waals surface area (Å²) in [5, 5.41) is 20.3. The van der Waals surface area contributed by atoms with Crippen LogP contribution in [0.15, 0.2) is 45.2 Å². The van der Waals surface area contributed by atoms with Crippen LogP contribution in [0.25, 0.3) is 17.2 Å². The Morgan fingerprint density at radius 2 is 1.93 bits per heavy atom. The van der Waals surface area contributed by atoms with E-state index in [9.17, 15) is 4.79 Å². The number of carboxylic acid groups (broad SMARTS) is 1. The van der Waals surface area contributed by atoms with E-state index in [1.54, 1.807) is 5.38 Å². The van der Waals surface area contributed by atoms with E-state index in [1.165, 1.54) is 28.7 Å². The summed E-state index contributed by atoms with van der Waals surface area (Å²) in [6.45, 7) is 6.21. The zero-order valence-corrected chi connectivity index (χ0v) is 17.8. The van der Waals surface area contributed by atoms with Crippen LogP contribution in [-0.4, -0.2) is 35.8 Å². The molecule has 148 valence electrons. The van der Waals surface area contributed by atoms with E-state index in [1.807, 2.05) is 41.8 Å². The Morgan fingerprint density at radius 3 is 2.59 bits per heavy atom. The average molecular weight is 426 g/mol. The summed E-state index contributed by atoms with van der Waals surface area (Å²) in [5.74, 6) is -0.163. The highest BCUT2D eigenvalue weighted by atomic mass is 32.2. The minimum atomic E-state index is -0.894. The van der Waals surface area contributed by atoms with E-state index in [0.717, 1.165) is 32.8 Å². The van der Waals surface area contributed by atoms with Gasteiger partial charge in [0.2, 0.25) is 5.16 Å². The number of para-hydroxylation sites is 1. The second kappa shape index (κ2) is 7.84. The molecule has 0 aliphatic carbocycles. The van der Waals surface area contributed by atoms with E-state index < -0.39 is 5.97 Å². The first-order chi connectivity index (χ1) is 13.9. The lowest BCUT2D eigenvalue weighted by Crippen LogP contribution is -2.01. The molecular formula is C20H19N5O2S2. The van der Waals surface area contributed by atoms with E-state index in [0.29, 0.717) is 10.9 Å². The summed E-state index contributed by atoms with van der Waals surface area (Å²) < 4.78 is 2.73. The molecule has 0 atom stereocenters. The van der Waals surface area contributed by atoms with Gasteiger partial charge in [0.1, 0.15) is 0 Å². The third kappa shape index (κ3) is 3.83. The second-order valence-corrected chi connectivity index (χ2v) is 8.70. The van der Waals surface area contributed by atoms with Crippen molar-refractivity contribution in [3.8, 4) is 17.2 Å². The minimum Gasteiger partial charge on any atom is -0.481 e. The highest BCUT2D eigenvalue weighted by Gasteiger charge is 2.21. The highest BCUT2D eigenvalue weighted by Crippen LogP contribution is 2.35. The van der Waals surface area contributed by atoms with Gasteiger partial charge in [0.25, 0.3) is 0 Å². The van der Waals surface area contributed by atoms with E-state index >= 15 is 0 Å². The Labute approximate surface area is 175 Å². The number of carbonyl (C=O) groups is 1. The molecule has 0 aliphatic rings. The predicted octanol–water partition coefficient (Wildman–Crippen LogP) is 4.42. The number of nitrogens with one attached hydrogen (secondary N) is 1. The molecule has 4 rings (SSSR count). The van der Waals surface area contributed by atoms with Gasteiger partial charge in [0, 0.05) is 16.8 Å². The number of rotatable bonds is 6. The molecule has 0 bridgehead atoms. The number of nitrogens with zero attached hydrogens (tertiary/aromatic N) is 4. The number of H-pyrrole nitrogens is 1. The lowest BCUT2D eigenvalue weighted by atomic mass is 10.1. The molecule has 9 heteroatoms.